The van der Waals surface area contributed by atoms with Crippen LogP contribution >= 0.6 is 11.8 Å². The van der Waals surface area contributed by atoms with E-state index in [0.29, 0.717) is 6.54 Å². The van der Waals surface area contributed by atoms with E-state index in [4.69, 9.17) is 0 Å². The van der Waals surface area contributed by atoms with Crippen molar-refractivity contribution in [3.8, 4) is 0 Å². The van der Waals surface area contributed by atoms with Gasteiger partial charge in [-0.3, -0.25) is 4.79 Å². The van der Waals surface area contributed by atoms with Crippen LogP contribution in [0.25, 0.3) is 0 Å². The SMILES string of the molecule is CCCNc1cc(C(F)(F)F)cc(SCC(=O)OC)n1. The van der Waals surface area contributed by atoms with E-state index in [-0.39, 0.29) is 16.6 Å². The minimum Gasteiger partial charge on any atom is -0.468 e. The molecule has 4 nitrogen and oxygen atoms in total. The fourth-order valence-corrected chi connectivity index (χ4v) is 2.04. The first-order chi connectivity index (χ1) is 9.36. The lowest BCUT2D eigenvalue weighted by atomic mass is 10.2. The number of ether oxygens (including phenoxy) is 1. The highest BCUT2D eigenvalue weighted by atomic mass is 32.2. The van der Waals surface area contributed by atoms with Gasteiger partial charge in [0.1, 0.15) is 5.82 Å². The standard InChI is InChI=1S/C12H15F3N2O2S/c1-3-4-16-9-5-8(12(13,14)15)6-10(17-9)20-7-11(18)19-2/h5-6H,3-4,7H2,1-2H3,(H,16,17). The third kappa shape index (κ3) is 5.28. The Morgan fingerprint density at radius 1 is 1.45 bits per heavy atom. The van der Waals surface area contributed by atoms with Crippen molar-refractivity contribution in [1.29, 1.82) is 0 Å². The number of carbonyl (C=O) groups is 1. The molecule has 0 aliphatic carbocycles. The van der Waals surface area contributed by atoms with Gasteiger partial charge in [-0.25, -0.2) is 4.98 Å². The summed E-state index contributed by atoms with van der Waals surface area (Å²) in [4.78, 5) is 15.0. The van der Waals surface area contributed by atoms with Crippen molar-refractivity contribution in [3.05, 3.63) is 17.7 Å². The van der Waals surface area contributed by atoms with Gasteiger partial charge in [-0.1, -0.05) is 18.7 Å². The molecule has 0 spiro atoms. The van der Waals surface area contributed by atoms with E-state index in [1.807, 2.05) is 6.92 Å². The number of aromatic nitrogens is 1. The number of anilines is 1. The third-order valence-electron chi connectivity index (χ3n) is 2.25. The van der Waals surface area contributed by atoms with E-state index < -0.39 is 17.7 Å². The van der Waals surface area contributed by atoms with Gasteiger partial charge < -0.3 is 10.1 Å². The Morgan fingerprint density at radius 3 is 2.70 bits per heavy atom. The van der Waals surface area contributed by atoms with Crippen molar-refractivity contribution in [1.82, 2.24) is 4.98 Å². The molecule has 0 radical (unpaired) electrons. The molecule has 1 rings (SSSR count). The summed E-state index contributed by atoms with van der Waals surface area (Å²) in [5.74, 6) is -0.454. The maximum atomic E-state index is 12.8. The minimum atomic E-state index is -4.45. The summed E-state index contributed by atoms with van der Waals surface area (Å²) in [5, 5.41) is 2.94. The number of hydrogen-bond acceptors (Lipinski definition) is 5. The second kappa shape index (κ2) is 7.37. The first-order valence-corrected chi connectivity index (χ1v) is 6.88. The number of halogens is 3. The molecule has 112 valence electrons. The van der Waals surface area contributed by atoms with Crippen LogP contribution in [0.3, 0.4) is 0 Å². The maximum Gasteiger partial charge on any atom is 0.416 e. The lowest BCUT2D eigenvalue weighted by molar-refractivity contribution is -0.138. The number of alkyl halides is 3. The average Bonchev–Trinajstić information content (AvgIpc) is 2.41. The van der Waals surface area contributed by atoms with Gasteiger partial charge in [-0.05, 0) is 18.6 Å². The van der Waals surface area contributed by atoms with E-state index in [1.165, 1.54) is 7.11 Å². The summed E-state index contributed by atoms with van der Waals surface area (Å²) in [6, 6.07) is 1.88. The first kappa shape index (κ1) is 16.6. The van der Waals surface area contributed by atoms with Crippen LogP contribution in [0.5, 0.6) is 0 Å². The minimum absolute atomic E-state index is 0.0853. The molecule has 20 heavy (non-hydrogen) atoms. The van der Waals surface area contributed by atoms with Gasteiger partial charge in [0.2, 0.25) is 0 Å². The summed E-state index contributed by atoms with van der Waals surface area (Å²) in [6.07, 6.45) is -3.69. The molecule has 0 amide bonds. The molecule has 0 bridgehead atoms. The van der Waals surface area contributed by atoms with Crippen molar-refractivity contribution < 1.29 is 22.7 Å². The summed E-state index contributed by atoms with van der Waals surface area (Å²) < 4.78 is 42.8. The molecular formula is C12H15F3N2O2S. The quantitative estimate of drug-likeness (QED) is 0.646. The molecule has 0 atom stereocenters. The Morgan fingerprint density at radius 2 is 2.15 bits per heavy atom. The zero-order valence-electron chi connectivity index (χ0n) is 11.1. The third-order valence-corrected chi connectivity index (χ3v) is 3.14. The Hall–Kier alpha value is -1.44. The van der Waals surface area contributed by atoms with E-state index >= 15 is 0 Å². The van der Waals surface area contributed by atoms with Crippen LogP contribution < -0.4 is 5.32 Å². The molecule has 1 N–H and O–H groups in total. The highest BCUT2D eigenvalue weighted by Gasteiger charge is 2.31. The topological polar surface area (TPSA) is 51.2 Å². The van der Waals surface area contributed by atoms with Gasteiger partial charge in [0.05, 0.1) is 23.5 Å². The number of rotatable bonds is 6. The van der Waals surface area contributed by atoms with Crippen molar-refractivity contribution in [2.24, 2.45) is 0 Å². The van der Waals surface area contributed by atoms with Crippen LogP contribution in [0.2, 0.25) is 0 Å². The summed E-state index contributed by atoms with van der Waals surface area (Å²) >= 11 is 0.905. The number of carbonyl (C=O) groups excluding carboxylic acids is 1. The number of nitrogens with one attached hydrogen (secondary N) is 1. The van der Waals surface area contributed by atoms with Crippen LogP contribution in [-0.4, -0.2) is 30.4 Å². The molecule has 0 saturated heterocycles. The molecule has 0 aromatic carbocycles. The number of thioether (sulfide) groups is 1. The van der Waals surface area contributed by atoms with Gasteiger partial charge >= 0.3 is 12.1 Å². The largest absolute Gasteiger partial charge is 0.468 e. The van der Waals surface area contributed by atoms with Gasteiger partial charge in [-0.15, -0.1) is 0 Å². The molecule has 0 fully saturated rings. The van der Waals surface area contributed by atoms with Crippen molar-refractivity contribution in [2.75, 3.05) is 24.7 Å². The predicted octanol–water partition coefficient (Wildman–Crippen LogP) is 3.19. The molecule has 8 heteroatoms. The molecule has 1 aromatic rings. The van der Waals surface area contributed by atoms with Crippen molar-refractivity contribution in [3.63, 3.8) is 0 Å². The highest BCUT2D eigenvalue weighted by molar-refractivity contribution is 7.99. The average molecular weight is 308 g/mol. The Bertz CT molecular complexity index is 467. The number of esters is 1. The number of hydrogen-bond donors (Lipinski definition) is 1. The predicted molar refractivity (Wildman–Crippen MR) is 70.8 cm³/mol. The smallest absolute Gasteiger partial charge is 0.416 e. The second-order valence-corrected chi connectivity index (χ2v) is 4.86. The summed E-state index contributed by atoms with van der Waals surface area (Å²) in [7, 11) is 1.22. The zero-order valence-corrected chi connectivity index (χ0v) is 11.9. The molecule has 1 heterocycles. The molecule has 0 saturated carbocycles. The Kier molecular flexibility index (Phi) is 6.12. The van der Waals surface area contributed by atoms with Gasteiger partial charge in [-0.2, -0.15) is 13.2 Å². The van der Waals surface area contributed by atoms with Gasteiger partial charge in [0.15, 0.2) is 0 Å². The first-order valence-electron chi connectivity index (χ1n) is 5.89. The Labute approximate surface area is 119 Å². The molecule has 0 aliphatic rings. The van der Waals surface area contributed by atoms with Gasteiger partial charge in [0.25, 0.3) is 0 Å². The van der Waals surface area contributed by atoms with Crippen LogP contribution in [0.4, 0.5) is 19.0 Å². The van der Waals surface area contributed by atoms with E-state index in [9.17, 15) is 18.0 Å². The lowest BCUT2D eigenvalue weighted by Crippen LogP contribution is -2.10. The Balaban J connectivity index is 2.94. The van der Waals surface area contributed by atoms with Crippen molar-refractivity contribution >= 4 is 23.5 Å². The van der Waals surface area contributed by atoms with Crippen LogP contribution in [-0.2, 0) is 15.7 Å². The fourth-order valence-electron chi connectivity index (χ4n) is 1.28. The molecule has 1 aromatic heterocycles. The summed E-state index contributed by atoms with van der Waals surface area (Å²) in [5.41, 5.74) is -0.793. The maximum absolute atomic E-state index is 12.8. The lowest BCUT2D eigenvalue weighted by Gasteiger charge is -2.12. The van der Waals surface area contributed by atoms with E-state index in [1.54, 1.807) is 0 Å². The van der Waals surface area contributed by atoms with Crippen LogP contribution in [0, 0.1) is 0 Å². The fraction of sp³-hybridized carbons (Fsp3) is 0.500. The molecular weight excluding hydrogens is 293 g/mol. The molecule has 0 aliphatic heterocycles. The summed E-state index contributed by atoms with van der Waals surface area (Å²) in [6.45, 7) is 2.42. The van der Waals surface area contributed by atoms with Crippen LogP contribution in [0.1, 0.15) is 18.9 Å². The van der Waals surface area contributed by atoms with Crippen LogP contribution in [0.15, 0.2) is 17.2 Å². The monoisotopic (exact) mass is 308 g/mol. The zero-order chi connectivity index (χ0) is 15.2. The van der Waals surface area contributed by atoms with Gasteiger partial charge in [0, 0.05) is 6.54 Å². The van der Waals surface area contributed by atoms with E-state index in [0.717, 1.165) is 30.3 Å². The number of pyridine rings is 1. The number of methoxy groups -OCH3 is 1. The highest BCUT2D eigenvalue weighted by Crippen LogP contribution is 2.33. The molecule has 0 unspecified atom stereocenters. The van der Waals surface area contributed by atoms with E-state index in [2.05, 4.69) is 15.0 Å². The normalized spacial score (nSPS) is 11.2. The van der Waals surface area contributed by atoms with Crippen molar-refractivity contribution in [2.45, 2.75) is 24.5 Å². The second-order valence-electron chi connectivity index (χ2n) is 3.87. The number of nitrogens with zero attached hydrogens (tertiary/aromatic N) is 1.